The van der Waals surface area contributed by atoms with E-state index in [4.69, 9.17) is 9.47 Å². The molecule has 2 aromatic carbocycles. The standard InChI is InChI=1S/C24H30N2O2/c1-15-8-10-20-19(12-15)18-6-5-7-21(24(18)26-20)25-16(2)13-17-9-11-22(27-3)23(14-17)28-4/h8-12,14,16,21,25-26H,5-7,13H2,1-4H3. The zero-order valence-electron chi connectivity index (χ0n) is 17.3. The van der Waals surface area contributed by atoms with Crippen LogP contribution in [-0.2, 0) is 12.8 Å². The van der Waals surface area contributed by atoms with Gasteiger partial charge in [-0.3, -0.25) is 0 Å². The first-order valence-corrected chi connectivity index (χ1v) is 10.2. The monoisotopic (exact) mass is 378 g/mol. The maximum Gasteiger partial charge on any atom is 0.160 e. The van der Waals surface area contributed by atoms with Crippen LogP contribution in [0.1, 0.15) is 48.2 Å². The Morgan fingerprint density at radius 2 is 1.93 bits per heavy atom. The minimum Gasteiger partial charge on any atom is -0.493 e. The highest BCUT2D eigenvalue weighted by molar-refractivity contribution is 5.85. The predicted octanol–water partition coefficient (Wildman–Crippen LogP) is 5.09. The molecule has 2 N–H and O–H groups in total. The van der Waals surface area contributed by atoms with Gasteiger partial charge in [-0.15, -0.1) is 0 Å². The largest absolute Gasteiger partial charge is 0.493 e. The van der Waals surface area contributed by atoms with Crippen molar-refractivity contribution in [1.82, 2.24) is 10.3 Å². The van der Waals surface area contributed by atoms with Crippen LogP contribution in [0.5, 0.6) is 11.5 Å². The molecule has 1 aromatic heterocycles. The topological polar surface area (TPSA) is 46.3 Å². The van der Waals surface area contributed by atoms with Gasteiger partial charge >= 0.3 is 0 Å². The molecule has 2 unspecified atom stereocenters. The number of hydrogen-bond acceptors (Lipinski definition) is 3. The van der Waals surface area contributed by atoms with Gasteiger partial charge in [0, 0.05) is 28.7 Å². The third-order valence-electron chi connectivity index (χ3n) is 5.84. The maximum absolute atomic E-state index is 5.45. The zero-order valence-corrected chi connectivity index (χ0v) is 17.3. The van der Waals surface area contributed by atoms with E-state index >= 15 is 0 Å². The second-order valence-corrected chi connectivity index (χ2v) is 7.97. The Bertz CT molecular complexity index is 976. The lowest BCUT2D eigenvalue weighted by molar-refractivity contribution is 0.354. The van der Waals surface area contributed by atoms with Crippen LogP contribution in [0.15, 0.2) is 36.4 Å². The van der Waals surface area contributed by atoms with Crippen molar-refractivity contribution < 1.29 is 9.47 Å². The van der Waals surface area contributed by atoms with Gasteiger partial charge in [0.2, 0.25) is 0 Å². The molecular weight excluding hydrogens is 348 g/mol. The number of benzene rings is 2. The van der Waals surface area contributed by atoms with Crippen molar-refractivity contribution in [3.8, 4) is 11.5 Å². The van der Waals surface area contributed by atoms with Gasteiger partial charge in [0.25, 0.3) is 0 Å². The fourth-order valence-electron chi connectivity index (χ4n) is 4.51. The van der Waals surface area contributed by atoms with Crippen LogP contribution in [-0.4, -0.2) is 25.2 Å². The molecular formula is C24H30N2O2. The highest BCUT2D eigenvalue weighted by atomic mass is 16.5. The van der Waals surface area contributed by atoms with Crippen LogP contribution >= 0.6 is 0 Å². The number of aromatic nitrogens is 1. The molecule has 0 bridgehead atoms. The van der Waals surface area contributed by atoms with Gasteiger partial charge in [0.1, 0.15) is 0 Å². The summed E-state index contributed by atoms with van der Waals surface area (Å²) in [7, 11) is 3.36. The molecule has 0 saturated heterocycles. The first-order valence-electron chi connectivity index (χ1n) is 10.2. The Morgan fingerprint density at radius 3 is 2.71 bits per heavy atom. The fourth-order valence-corrected chi connectivity index (χ4v) is 4.51. The number of methoxy groups -OCH3 is 2. The summed E-state index contributed by atoms with van der Waals surface area (Å²) in [5.41, 5.74) is 6.72. The summed E-state index contributed by atoms with van der Waals surface area (Å²) in [5, 5.41) is 5.26. The van der Waals surface area contributed by atoms with Crippen LogP contribution in [0.3, 0.4) is 0 Å². The van der Waals surface area contributed by atoms with Crippen molar-refractivity contribution in [3.63, 3.8) is 0 Å². The summed E-state index contributed by atoms with van der Waals surface area (Å²) in [6.07, 6.45) is 4.52. The SMILES string of the molecule is COc1ccc(CC(C)NC2CCCc3c2[nH]c2ccc(C)cc32)cc1OC. The highest BCUT2D eigenvalue weighted by Gasteiger charge is 2.25. The van der Waals surface area contributed by atoms with Gasteiger partial charge < -0.3 is 19.8 Å². The Kier molecular flexibility index (Phi) is 5.31. The van der Waals surface area contributed by atoms with Crippen molar-refractivity contribution in [2.24, 2.45) is 0 Å². The van der Waals surface area contributed by atoms with E-state index in [2.05, 4.69) is 54.5 Å². The van der Waals surface area contributed by atoms with E-state index in [0.717, 1.165) is 17.9 Å². The molecule has 1 aliphatic carbocycles. The molecule has 4 rings (SSSR count). The van der Waals surface area contributed by atoms with Gasteiger partial charge in [-0.1, -0.05) is 17.7 Å². The maximum atomic E-state index is 5.45. The summed E-state index contributed by atoms with van der Waals surface area (Å²) in [6.45, 7) is 4.43. The lowest BCUT2D eigenvalue weighted by atomic mass is 9.90. The number of aryl methyl sites for hydroxylation is 2. The highest BCUT2D eigenvalue weighted by Crippen LogP contribution is 2.35. The van der Waals surface area contributed by atoms with Crippen LogP contribution in [0.4, 0.5) is 0 Å². The van der Waals surface area contributed by atoms with E-state index in [0.29, 0.717) is 12.1 Å². The van der Waals surface area contributed by atoms with Gasteiger partial charge in [-0.2, -0.15) is 0 Å². The molecule has 0 radical (unpaired) electrons. The summed E-state index contributed by atoms with van der Waals surface area (Å²) in [5.74, 6) is 1.57. The number of nitrogens with one attached hydrogen (secondary N) is 2. The Hall–Kier alpha value is -2.46. The molecule has 1 heterocycles. The molecule has 0 spiro atoms. The fraction of sp³-hybridized carbons (Fsp3) is 0.417. The Morgan fingerprint density at radius 1 is 1.11 bits per heavy atom. The number of H-pyrrole nitrogens is 1. The number of fused-ring (bicyclic) bond motifs is 3. The minimum absolute atomic E-state index is 0.363. The van der Waals surface area contributed by atoms with Crippen molar-refractivity contribution in [1.29, 1.82) is 0 Å². The number of aromatic amines is 1. The van der Waals surface area contributed by atoms with Crippen LogP contribution < -0.4 is 14.8 Å². The molecule has 1 aliphatic rings. The predicted molar refractivity (Wildman–Crippen MR) is 115 cm³/mol. The van der Waals surface area contributed by atoms with Crippen LogP contribution in [0, 0.1) is 6.92 Å². The number of hydrogen-bond donors (Lipinski definition) is 2. The first kappa shape index (κ1) is 18.9. The molecule has 0 amide bonds. The summed E-state index contributed by atoms with van der Waals surface area (Å²) in [6, 6.07) is 13.7. The Labute approximate surface area is 167 Å². The molecule has 2 atom stereocenters. The number of ether oxygens (including phenoxy) is 2. The summed E-state index contributed by atoms with van der Waals surface area (Å²) < 4.78 is 10.8. The molecule has 3 aromatic rings. The molecule has 28 heavy (non-hydrogen) atoms. The third kappa shape index (κ3) is 3.61. The Balaban J connectivity index is 1.52. The van der Waals surface area contributed by atoms with E-state index in [9.17, 15) is 0 Å². The van der Waals surface area contributed by atoms with Crippen molar-refractivity contribution >= 4 is 10.9 Å². The van der Waals surface area contributed by atoms with Crippen molar-refractivity contribution in [3.05, 3.63) is 58.8 Å². The minimum atomic E-state index is 0.363. The van der Waals surface area contributed by atoms with Gasteiger partial charge in [0.05, 0.1) is 14.2 Å². The summed E-state index contributed by atoms with van der Waals surface area (Å²) in [4.78, 5) is 3.70. The van der Waals surface area contributed by atoms with Crippen LogP contribution in [0.2, 0.25) is 0 Å². The van der Waals surface area contributed by atoms with Crippen molar-refractivity contribution in [2.75, 3.05) is 14.2 Å². The zero-order chi connectivity index (χ0) is 19.7. The van der Waals surface area contributed by atoms with E-state index in [1.807, 2.05) is 6.07 Å². The van der Waals surface area contributed by atoms with Gasteiger partial charge in [-0.05, 0) is 74.9 Å². The van der Waals surface area contributed by atoms with E-state index in [1.165, 1.54) is 52.5 Å². The normalized spacial score (nSPS) is 17.4. The van der Waals surface area contributed by atoms with E-state index < -0.39 is 0 Å². The molecule has 0 aliphatic heterocycles. The number of rotatable bonds is 6. The van der Waals surface area contributed by atoms with E-state index in [-0.39, 0.29) is 0 Å². The average Bonchev–Trinajstić information content (AvgIpc) is 3.07. The van der Waals surface area contributed by atoms with E-state index in [1.54, 1.807) is 14.2 Å². The quantitative estimate of drug-likeness (QED) is 0.628. The molecule has 0 saturated carbocycles. The second-order valence-electron chi connectivity index (χ2n) is 7.97. The summed E-state index contributed by atoms with van der Waals surface area (Å²) >= 11 is 0. The van der Waals surface area contributed by atoms with Crippen molar-refractivity contribution in [2.45, 2.75) is 51.6 Å². The van der Waals surface area contributed by atoms with Crippen LogP contribution in [0.25, 0.3) is 10.9 Å². The lowest BCUT2D eigenvalue weighted by Crippen LogP contribution is -2.34. The molecule has 0 fully saturated rings. The average molecular weight is 379 g/mol. The smallest absolute Gasteiger partial charge is 0.160 e. The second kappa shape index (κ2) is 7.88. The third-order valence-corrected chi connectivity index (χ3v) is 5.84. The van der Waals surface area contributed by atoms with Gasteiger partial charge in [-0.25, -0.2) is 0 Å². The molecule has 4 nitrogen and oxygen atoms in total. The first-order chi connectivity index (χ1) is 13.6. The lowest BCUT2D eigenvalue weighted by Gasteiger charge is -2.27. The molecule has 4 heteroatoms. The van der Waals surface area contributed by atoms with Gasteiger partial charge in [0.15, 0.2) is 11.5 Å². The molecule has 148 valence electrons.